The molecule has 1 heterocycles. The smallest absolute Gasteiger partial charge is 0.255 e. The highest BCUT2D eigenvalue weighted by atomic mass is 35.5. The zero-order valence-corrected chi connectivity index (χ0v) is 16.8. The van der Waals surface area contributed by atoms with Crippen molar-refractivity contribution in [1.82, 2.24) is 4.98 Å². The maximum atomic E-state index is 12.6. The molecule has 3 aromatic rings. The number of carbonyl (C=O) groups is 1. The zero-order valence-electron chi connectivity index (χ0n) is 16.0. The van der Waals surface area contributed by atoms with E-state index in [1.807, 2.05) is 25.1 Å². The largest absolute Gasteiger partial charge is 0.322 e. The number of carbonyl (C=O) groups excluding carboxylic acids is 1. The van der Waals surface area contributed by atoms with E-state index in [4.69, 9.17) is 22.4 Å². The molecule has 0 saturated heterocycles. The number of halogens is 1. The van der Waals surface area contributed by atoms with Crippen LogP contribution in [0.4, 0.5) is 5.69 Å². The van der Waals surface area contributed by atoms with Crippen LogP contribution >= 0.6 is 11.6 Å². The maximum absolute atomic E-state index is 12.6. The van der Waals surface area contributed by atoms with Crippen LogP contribution in [-0.2, 0) is 0 Å². The highest BCUT2D eigenvalue weighted by Crippen LogP contribution is 2.29. The summed E-state index contributed by atoms with van der Waals surface area (Å²) in [5.74, 6) is -0.263. The summed E-state index contributed by atoms with van der Waals surface area (Å²) in [4.78, 5) is 16.9. The van der Waals surface area contributed by atoms with E-state index in [-0.39, 0.29) is 11.6 Å². The van der Waals surface area contributed by atoms with Crippen molar-refractivity contribution in [3.63, 3.8) is 0 Å². The Labute approximate surface area is 174 Å². The fourth-order valence-corrected chi connectivity index (χ4v) is 3.08. The molecule has 0 aliphatic heterocycles. The summed E-state index contributed by atoms with van der Waals surface area (Å²) in [6, 6.07) is 17.5. The lowest BCUT2D eigenvalue weighted by Gasteiger charge is -2.10. The molecular formula is C23H21ClN4O. The Hall–Kier alpha value is -3.31. The molecule has 0 bridgehead atoms. The van der Waals surface area contributed by atoms with Gasteiger partial charge in [0.25, 0.3) is 5.91 Å². The van der Waals surface area contributed by atoms with E-state index < -0.39 is 0 Å². The second-order valence-electron chi connectivity index (χ2n) is 6.54. The van der Waals surface area contributed by atoms with E-state index in [1.165, 1.54) is 0 Å². The molecule has 0 aliphatic carbocycles. The molecule has 0 aliphatic rings. The van der Waals surface area contributed by atoms with Gasteiger partial charge in [0.05, 0.1) is 22.1 Å². The van der Waals surface area contributed by atoms with Gasteiger partial charge in [0.15, 0.2) is 0 Å². The molecule has 3 N–H and O–H groups in total. The first kappa shape index (κ1) is 20.4. The third-order valence-corrected chi connectivity index (χ3v) is 4.73. The first-order chi connectivity index (χ1) is 14.0. The van der Waals surface area contributed by atoms with E-state index in [1.54, 1.807) is 48.7 Å². The minimum Gasteiger partial charge on any atom is -0.322 e. The van der Waals surface area contributed by atoms with Crippen molar-refractivity contribution in [2.45, 2.75) is 19.8 Å². The molecule has 5 nitrogen and oxygen atoms in total. The second-order valence-corrected chi connectivity index (χ2v) is 6.95. The first-order valence-corrected chi connectivity index (χ1v) is 9.66. The normalized spacial score (nSPS) is 10.4. The lowest BCUT2D eigenvalue weighted by Crippen LogP contribution is -2.15. The van der Waals surface area contributed by atoms with Crippen molar-refractivity contribution in [3.8, 4) is 11.3 Å². The van der Waals surface area contributed by atoms with Crippen LogP contribution in [0.1, 0.15) is 35.7 Å². The van der Waals surface area contributed by atoms with Gasteiger partial charge in [-0.25, -0.2) is 0 Å². The molecule has 29 heavy (non-hydrogen) atoms. The van der Waals surface area contributed by atoms with E-state index >= 15 is 0 Å². The molecule has 1 aromatic heterocycles. The summed E-state index contributed by atoms with van der Waals surface area (Å²) in [5.41, 5.74) is 3.67. The van der Waals surface area contributed by atoms with Crippen molar-refractivity contribution in [2.24, 2.45) is 0 Å². The Morgan fingerprint density at radius 1 is 1.03 bits per heavy atom. The number of nitrogens with one attached hydrogen (secondary N) is 3. The number of hydrogen-bond donors (Lipinski definition) is 3. The molecular weight excluding hydrogens is 384 g/mol. The molecule has 2 aromatic carbocycles. The Bertz CT molecular complexity index is 1050. The number of rotatable bonds is 7. The third kappa shape index (κ3) is 4.95. The third-order valence-electron chi connectivity index (χ3n) is 4.40. The van der Waals surface area contributed by atoms with Gasteiger partial charge in [-0.05, 0) is 48.9 Å². The quantitative estimate of drug-likeness (QED) is 0.431. The van der Waals surface area contributed by atoms with Gasteiger partial charge in [-0.2, -0.15) is 0 Å². The number of benzene rings is 2. The summed E-state index contributed by atoms with van der Waals surface area (Å²) in [6.45, 7) is 1.98. The molecule has 3 rings (SSSR count). The molecule has 0 unspecified atom stereocenters. The second kappa shape index (κ2) is 9.26. The summed E-state index contributed by atoms with van der Waals surface area (Å²) < 4.78 is 0. The summed E-state index contributed by atoms with van der Waals surface area (Å²) in [7, 11) is 0. The minimum atomic E-state index is -0.263. The van der Waals surface area contributed by atoms with Gasteiger partial charge < -0.3 is 10.7 Å². The number of anilines is 1. The standard InChI is InChI=1S/C23H21ClN4O/c1-2-5-20(25)22(26)15-7-9-16(10-8-15)23(29)28-17-11-12-19(24)18(14-17)21-6-3-4-13-27-21/h3-4,6-14,25-26H,2,5H2,1H3,(H,28,29). The Kier molecular flexibility index (Phi) is 6.52. The molecule has 0 saturated carbocycles. The molecule has 0 spiro atoms. The van der Waals surface area contributed by atoms with Crippen molar-refractivity contribution >= 4 is 34.6 Å². The lowest BCUT2D eigenvalue weighted by atomic mass is 10.0. The molecule has 0 radical (unpaired) electrons. The van der Waals surface area contributed by atoms with Gasteiger partial charge >= 0.3 is 0 Å². The fraction of sp³-hybridized carbons (Fsp3) is 0.130. The van der Waals surface area contributed by atoms with Crippen LogP contribution in [0.15, 0.2) is 66.9 Å². The van der Waals surface area contributed by atoms with Crippen LogP contribution in [0, 0.1) is 10.8 Å². The average molecular weight is 405 g/mol. The fourth-order valence-electron chi connectivity index (χ4n) is 2.86. The van der Waals surface area contributed by atoms with Gasteiger partial charge in [-0.15, -0.1) is 0 Å². The van der Waals surface area contributed by atoms with E-state index in [0.29, 0.717) is 34.0 Å². The van der Waals surface area contributed by atoms with Gasteiger partial charge in [0.2, 0.25) is 0 Å². The van der Waals surface area contributed by atoms with Crippen molar-refractivity contribution in [1.29, 1.82) is 10.8 Å². The first-order valence-electron chi connectivity index (χ1n) is 9.28. The monoisotopic (exact) mass is 404 g/mol. The summed E-state index contributed by atoms with van der Waals surface area (Å²) in [5, 5.41) is 19.4. The van der Waals surface area contributed by atoms with Crippen LogP contribution in [-0.4, -0.2) is 22.3 Å². The van der Waals surface area contributed by atoms with Crippen molar-refractivity contribution in [3.05, 3.63) is 83.0 Å². The maximum Gasteiger partial charge on any atom is 0.255 e. The predicted molar refractivity (Wildman–Crippen MR) is 119 cm³/mol. The SMILES string of the molecule is CCCC(=N)C(=N)c1ccc(C(=O)Nc2ccc(Cl)c(-c3ccccn3)c2)cc1. The van der Waals surface area contributed by atoms with E-state index in [0.717, 1.165) is 17.7 Å². The minimum absolute atomic E-state index is 0.191. The van der Waals surface area contributed by atoms with E-state index in [2.05, 4.69) is 10.3 Å². The zero-order chi connectivity index (χ0) is 20.8. The van der Waals surface area contributed by atoms with Gasteiger partial charge in [0, 0.05) is 28.6 Å². The van der Waals surface area contributed by atoms with Crippen LogP contribution in [0.5, 0.6) is 0 Å². The Morgan fingerprint density at radius 2 is 1.76 bits per heavy atom. The van der Waals surface area contributed by atoms with E-state index in [9.17, 15) is 4.79 Å². The Balaban J connectivity index is 1.75. The van der Waals surface area contributed by atoms with Crippen molar-refractivity contribution in [2.75, 3.05) is 5.32 Å². The summed E-state index contributed by atoms with van der Waals surface area (Å²) >= 11 is 6.29. The predicted octanol–water partition coefficient (Wildman–Crippen LogP) is 5.84. The number of amides is 1. The summed E-state index contributed by atoms with van der Waals surface area (Å²) in [6.07, 6.45) is 3.08. The highest BCUT2D eigenvalue weighted by Gasteiger charge is 2.12. The van der Waals surface area contributed by atoms with Crippen LogP contribution in [0.25, 0.3) is 11.3 Å². The number of pyridine rings is 1. The van der Waals surface area contributed by atoms with Gasteiger partial charge in [-0.3, -0.25) is 15.2 Å². The van der Waals surface area contributed by atoms with Crippen LogP contribution in [0.3, 0.4) is 0 Å². The van der Waals surface area contributed by atoms with Crippen LogP contribution in [0.2, 0.25) is 5.02 Å². The van der Waals surface area contributed by atoms with Crippen molar-refractivity contribution < 1.29 is 4.79 Å². The highest BCUT2D eigenvalue weighted by molar-refractivity contribution is 6.46. The lowest BCUT2D eigenvalue weighted by molar-refractivity contribution is 0.102. The van der Waals surface area contributed by atoms with Crippen LogP contribution < -0.4 is 5.32 Å². The molecule has 6 heteroatoms. The number of nitrogens with zero attached hydrogens (tertiary/aromatic N) is 1. The molecule has 146 valence electrons. The Morgan fingerprint density at radius 3 is 2.41 bits per heavy atom. The van der Waals surface area contributed by atoms with Gasteiger partial charge in [0.1, 0.15) is 0 Å². The number of aromatic nitrogens is 1. The average Bonchev–Trinajstić information content (AvgIpc) is 2.75. The molecule has 0 fully saturated rings. The van der Waals surface area contributed by atoms with Gasteiger partial charge in [-0.1, -0.05) is 43.1 Å². The topological polar surface area (TPSA) is 89.7 Å². The number of hydrogen-bond acceptors (Lipinski definition) is 4. The molecule has 0 atom stereocenters. The molecule has 1 amide bonds.